The molecule has 0 spiro atoms. The Kier molecular flexibility index (Phi) is 6.40. The second kappa shape index (κ2) is 9.59. The van der Waals surface area contributed by atoms with Gasteiger partial charge < -0.3 is 20.9 Å². The second-order valence-electron chi connectivity index (χ2n) is 8.70. The van der Waals surface area contributed by atoms with Crippen molar-refractivity contribution in [3.63, 3.8) is 0 Å². The zero-order valence-electron chi connectivity index (χ0n) is 19.5. The number of urea groups is 1. The van der Waals surface area contributed by atoms with Crippen LogP contribution >= 0.6 is 0 Å². The Morgan fingerprint density at radius 3 is 2.34 bits per heavy atom. The third kappa shape index (κ3) is 5.58. The number of nitrogens with one attached hydrogen (secondary N) is 4. The monoisotopic (exact) mass is 471 g/mol. The van der Waals surface area contributed by atoms with E-state index in [0.29, 0.717) is 39.9 Å². The van der Waals surface area contributed by atoms with Crippen LogP contribution in [0.15, 0.2) is 65.7 Å². The Balaban J connectivity index is 1.44. The molecule has 0 fully saturated rings. The van der Waals surface area contributed by atoms with Gasteiger partial charge in [0, 0.05) is 40.8 Å². The van der Waals surface area contributed by atoms with Gasteiger partial charge in [0.2, 0.25) is 0 Å². The number of amides is 2. The van der Waals surface area contributed by atoms with Gasteiger partial charge >= 0.3 is 6.03 Å². The van der Waals surface area contributed by atoms with E-state index in [1.807, 2.05) is 20.8 Å². The van der Waals surface area contributed by atoms with Gasteiger partial charge in [-0.3, -0.25) is 15.7 Å². The number of aromatic nitrogens is 4. The first kappa shape index (κ1) is 23.4. The molecular formula is C24H25N9O2. The molecule has 0 aliphatic rings. The lowest BCUT2D eigenvalue weighted by Crippen LogP contribution is -2.19. The maximum absolute atomic E-state index is 12.3. The van der Waals surface area contributed by atoms with Gasteiger partial charge in [0.05, 0.1) is 11.3 Å². The van der Waals surface area contributed by atoms with Crippen molar-refractivity contribution in [1.29, 1.82) is 5.41 Å². The molecule has 0 aliphatic carbocycles. The summed E-state index contributed by atoms with van der Waals surface area (Å²) < 4.78 is 5.28. The molecule has 0 aliphatic heterocycles. The highest BCUT2D eigenvalue weighted by Gasteiger charge is 2.20. The topological polar surface area (TPSA) is 168 Å². The number of hydrogen-bond acceptors (Lipinski definition) is 9. The zero-order chi connectivity index (χ0) is 25.0. The van der Waals surface area contributed by atoms with Crippen LogP contribution in [-0.2, 0) is 5.41 Å². The highest BCUT2D eigenvalue weighted by molar-refractivity contribution is 6.16. The van der Waals surface area contributed by atoms with Crippen molar-refractivity contribution in [3.05, 3.63) is 78.1 Å². The largest absolute Gasteiger partial charge is 0.383 e. The van der Waals surface area contributed by atoms with Gasteiger partial charge in [-0.25, -0.2) is 14.8 Å². The van der Waals surface area contributed by atoms with Crippen LogP contribution in [0.3, 0.4) is 0 Å². The summed E-state index contributed by atoms with van der Waals surface area (Å²) in [5.41, 5.74) is 8.29. The number of nitrogens with two attached hydrogens (primary N) is 1. The molecule has 0 saturated carbocycles. The van der Waals surface area contributed by atoms with Crippen LogP contribution < -0.4 is 21.7 Å². The highest BCUT2D eigenvalue weighted by atomic mass is 16.5. The normalized spacial score (nSPS) is 11.1. The molecule has 178 valence electrons. The van der Waals surface area contributed by atoms with E-state index in [2.05, 4.69) is 36.1 Å². The fourth-order valence-corrected chi connectivity index (χ4v) is 3.14. The van der Waals surface area contributed by atoms with Gasteiger partial charge in [-0.1, -0.05) is 25.9 Å². The van der Waals surface area contributed by atoms with E-state index in [1.54, 1.807) is 54.9 Å². The summed E-state index contributed by atoms with van der Waals surface area (Å²) in [6.07, 6.45) is 4.53. The third-order valence-electron chi connectivity index (χ3n) is 4.99. The molecular weight excluding hydrogens is 446 g/mol. The Hall–Kier alpha value is -4.80. The van der Waals surface area contributed by atoms with Crippen molar-refractivity contribution in [2.75, 3.05) is 21.7 Å². The fraction of sp³-hybridized carbons (Fsp3) is 0.167. The number of carbonyl (C=O) groups is 1. The van der Waals surface area contributed by atoms with E-state index < -0.39 is 6.03 Å². The molecule has 0 unspecified atom stereocenters. The first-order chi connectivity index (χ1) is 16.7. The van der Waals surface area contributed by atoms with E-state index in [0.717, 1.165) is 0 Å². The van der Waals surface area contributed by atoms with E-state index in [-0.39, 0.29) is 16.9 Å². The summed E-state index contributed by atoms with van der Waals surface area (Å²) in [5.74, 6) is 1.57. The summed E-state index contributed by atoms with van der Waals surface area (Å²) in [7, 11) is 0. The lowest BCUT2D eigenvalue weighted by Gasteiger charge is -2.14. The van der Waals surface area contributed by atoms with Crippen molar-refractivity contribution in [1.82, 2.24) is 20.1 Å². The Morgan fingerprint density at radius 1 is 1.00 bits per heavy atom. The molecule has 0 radical (unpaired) electrons. The van der Waals surface area contributed by atoms with E-state index in [1.165, 1.54) is 6.33 Å². The first-order valence-corrected chi connectivity index (χ1v) is 10.7. The lowest BCUT2D eigenvalue weighted by atomic mass is 9.93. The van der Waals surface area contributed by atoms with Gasteiger partial charge in [-0.2, -0.15) is 0 Å². The quantitative estimate of drug-likeness (QED) is 0.255. The molecule has 3 aromatic heterocycles. The summed E-state index contributed by atoms with van der Waals surface area (Å²) in [6.45, 7) is 5.98. The molecule has 11 heteroatoms. The number of pyridine rings is 1. The molecule has 4 aromatic rings. The van der Waals surface area contributed by atoms with Gasteiger partial charge in [0.15, 0.2) is 5.82 Å². The van der Waals surface area contributed by atoms with Crippen molar-refractivity contribution in [2.24, 2.45) is 0 Å². The maximum Gasteiger partial charge on any atom is 0.324 e. The smallest absolute Gasteiger partial charge is 0.324 e. The van der Waals surface area contributed by atoms with E-state index in [9.17, 15) is 4.79 Å². The predicted molar refractivity (Wildman–Crippen MR) is 134 cm³/mol. The van der Waals surface area contributed by atoms with Gasteiger partial charge in [0.1, 0.15) is 23.7 Å². The van der Waals surface area contributed by atoms with Crippen LogP contribution in [0, 0.1) is 5.41 Å². The number of nitrogens with zero attached hydrogens (tertiary/aromatic N) is 4. The molecule has 0 bridgehead atoms. The molecule has 4 rings (SSSR count). The van der Waals surface area contributed by atoms with Gasteiger partial charge in [-0.15, -0.1) is 0 Å². The predicted octanol–water partition coefficient (Wildman–Crippen LogP) is 4.54. The molecule has 11 nitrogen and oxygen atoms in total. The van der Waals surface area contributed by atoms with Crippen molar-refractivity contribution in [2.45, 2.75) is 26.2 Å². The van der Waals surface area contributed by atoms with Crippen LogP contribution in [-0.4, -0.2) is 31.9 Å². The molecule has 1 aromatic carbocycles. The molecule has 3 heterocycles. The number of nitrogen functional groups attached to an aromatic ring is 1. The van der Waals surface area contributed by atoms with Crippen LogP contribution in [0.2, 0.25) is 0 Å². The van der Waals surface area contributed by atoms with Crippen LogP contribution in [0.1, 0.15) is 37.7 Å². The van der Waals surface area contributed by atoms with Crippen molar-refractivity contribution in [3.8, 4) is 0 Å². The number of hydrogen-bond donors (Lipinski definition) is 5. The molecule has 2 amide bonds. The summed E-state index contributed by atoms with van der Waals surface area (Å²) >= 11 is 0. The average Bonchev–Trinajstić information content (AvgIpc) is 3.30. The van der Waals surface area contributed by atoms with Gasteiger partial charge in [-0.05, 0) is 36.4 Å². The molecule has 6 N–H and O–H groups in total. The molecule has 0 atom stereocenters. The maximum atomic E-state index is 12.3. The minimum Gasteiger partial charge on any atom is -0.383 e. The number of anilines is 5. The number of benzene rings is 1. The lowest BCUT2D eigenvalue weighted by molar-refractivity contribution is 0.262. The van der Waals surface area contributed by atoms with E-state index in [4.69, 9.17) is 15.7 Å². The zero-order valence-corrected chi connectivity index (χ0v) is 19.5. The Bertz CT molecular complexity index is 1340. The SMILES string of the molecule is CC(C)(C)c1cc(NC(=O)Nc2ccc(Nc3ncnc(N)c3C(=N)c3ccncc3)cc2)no1. The van der Waals surface area contributed by atoms with Gasteiger partial charge in [0.25, 0.3) is 0 Å². The number of carbonyl (C=O) groups excluding carboxylic acids is 1. The summed E-state index contributed by atoms with van der Waals surface area (Å²) in [5, 5.41) is 21.0. The molecule has 0 saturated heterocycles. The summed E-state index contributed by atoms with van der Waals surface area (Å²) in [4.78, 5) is 24.6. The summed E-state index contributed by atoms with van der Waals surface area (Å²) in [6, 6.07) is 11.7. The van der Waals surface area contributed by atoms with Crippen molar-refractivity contribution >= 4 is 40.6 Å². The van der Waals surface area contributed by atoms with Crippen LogP contribution in [0.5, 0.6) is 0 Å². The van der Waals surface area contributed by atoms with Crippen molar-refractivity contribution < 1.29 is 9.32 Å². The van der Waals surface area contributed by atoms with E-state index >= 15 is 0 Å². The molecule has 35 heavy (non-hydrogen) atoms. The third-order valence-corrected chi connectivity index (χ3v) is 4.99. The number of rotatable bonds is 6. The average molecular weight is 472 g/mol. The standard InChI is InChI=1S/C24H25N9O2/c1-24(2,3)17-12-18(33-35-17)32-23(34)31-16-6-4-15(5-7-16)30-22-19(21(26)28-13-29-22)20(25)14-8-10-27-11-9-14/h4-13,25H,1-3H3,(H3,26,28,29,30)(H2,31,32,33,34). The second-order valence-corrected chi connectivity index (χ2v) is 8.70. The Labute approximate surface area is 201 Å². The van der Waals surface area contributed by atoms with Crippen LogP contribution in [0.4, 0.5) is 33.6 Å². The Morgan fingerprint density at radius 2 is 1.69 bits per heavy atom. The minimum absolute atomic E-state index is 0.172. The van der Waals surface area contributed by atoms with Crippen LogP contribution in [0.25, 0.3) is 0 Å². The highest BCUT2D eigenvalue weighted by Crippen LogP contribution is 2.26. The minimum atomic E-state index is -0.448. The first-order valence-electron chi connectivity index (χ1n) is 10.7. The fourth-order valence-electron chi connectivity index (χ4n) is 3.14.